The van der Waals surface area contributed by atoms with Gasteiger partial charge in [0.25, 0.3) is 5.91 Å². The fraction of sp³-hybridized carbons (Fsp3) is 0.381. The summed E-state index contributed by atoms with van der Waals surface area (Å²) in [6, 6.07) is 12.5. The summed E-state index contributed by atoms with van der Waals surface area (Å²) >= 11 is 0. The average Bonchev–Trinajstić information content (AvgIpc) is 3.06. The number of benzene rings is 1. The third kappa shape index (κ3) is 3.52. The molecule has 4 rings (SSSR count). The summed E-state index contributed by atoms with van der Waals surface area (Å²) in [6.07, 6.45) is 3.32. The van der Waals surface area contributed by atoms with Crippen molar-refractivity contribution in [2.24, 2.45) is 5.16 Å². The van der Waals surface area contributed by atoms with E-state index in [1.807, 2.05) is 19.1 Å². The van der Waals surface area contributed by atoms with Gasteiger partial charge in [0.1, 0.15) is 5.82 Å². The first-order valence-corrected chi connectivity index (χ1v) is 9.31. The number of rotatable bonds is 4. The number of nitrogens with zero attached hydrogens (tertiary/aromatic N) is 3. The molecule has 2 aromatic rings. The lowest BCUT2D eigenvalue weighted by Gasteiger charge is -2.31. The second kappa shape index (κ2) is 7.02. The highest BCUT2D eigenvalue weighted by Gasteiger charge is 2.40. The highest BCUT2D eigenvalue weighted by molar-refractivity contribution is 5.94. The smallest absolute Gasteiger partial charge is 0.267 e. The maximum absolute atomic E-state index is 12.6. The van der Waals surface area contributed by atoms with Crippen molar-refractivity contribution in [1.29, 1.82) is 0 Å². The average molecular weight is 364 g/mol. The molecule has 3 heterocycles. The number of oxime groups is 1. The SMILES string of the molecule is CC1=NO[C@](C)(C(=O)NCc2cccnc2N2CCc3ccccc3C2)C1. The van der Waals surface area contributed by atoms with Crippen molar-refractivity contribution >= 4 is 17.4 Å². The number of nitrogens with one attached hydrogen (secondary N) is 1. The molecule has 2 aliphatic rings. The van der Waals surface area contributed by atoms with Crippen LogP contribution >= 0.6 is 0 Å². The van der Waals surface area contributed by atoms with Crippen molar-refractivity contribution in [2.45, 2.75) is 45.4 Å². The van der Waals surface area contributed by atoms with Crippen LogP contribution in [0.15, 0.2) is 47.8 Å². The van der Waals surface area contributed by atoms with Gasteiger partial charge in [-0.2, -0.15) is 0 Å². The molecule has 0 unspecified atom stereocenters. The van der Waals surface area contributed by atoms with Crippen LogP contribution in [0.3, 0.4) is 0 Å². The predicted molar refractivity (Wildman–Crippen MR) is 104 cm³/mol. The fourth-order valence-electron chi connectivity index (χ4n) is 3.75. The van der Waals surface area contributed by atoms with Gasteiger partial charge in [0.05, 0.1) is 5.71 Å². The number of pyridine rings is 1. The second-order valence-electron chi connectivity index (χ2n) is 7.43. The number of carbonyl (C=O) groups is 1. The maximum atomic E-state index is 12.6. The standard InChI is InChI=1S/C21H24N4O2/c1-15-12-21(2,27-24-15)20(26)23-13-17-8-5-10-22-19(17)25-11-9-16-6-3-4-7-18(16)14-25/h3-8,10H,9,11-14H2,1-2H3,(H,23,26)/t21-/m0/s1. The van der Waals surface area contributed by atoms with Crippen LogP contribution in [-0.4, -0.2) is 28.7 Å². The van der Waals surface area contributed by atoms with Crippen LogP contribution in [0.1, 0.15) is 37.0 Å². The molecule has 0 saturated carbocycles. The van der Waals surface area contributed by atoms with E-state index in [9.17, 15) is 4.79 Å². The monoisotopic (exact) mass is 364 g/mol. The molecule has 1 aromatic heterocycles. The van der Waals surface area contributed by atoms with Gasteiger partial charge in [-0.25, -0.2) is 4.98 Å². The summed E-state index contributed by atoms with van der Waals surface area (Å²) in [4.78, 5) is 24.8. The molecule has 0 bridgehead atoms. The molecule has 0 radical (unpaired) electrons. The van der Waals surface area contributed by atoms with Gasteiger partial charge in [-0.15, -0.1) is 0 Å². The Labute approximate surface area is 159 Å². The highest BCUT2D eigenvalue weighted by atomic mass is 16.7. The molecule has 1 amide bonds. The van der Waals surface area contributed by atoms with Crippen LogP contribution in [0.4, 0.5) is 5.82 Å². The molecule has 1 atom stereocenters. The zero-order chi connectivity index (χ0) is 18.9. The van der Waals surface area contributed by atoms with Gasteiger partial charge in [-0.3, -0.25) is 4.79 Å². The Morgan fingerprint density at radius 1 is 1.26 bits per heavy atom. The number of amides is 1. The van der Waals surface area contributed by atoms with Crippen molar-refractivity contribution in [3.8, 4) is 0 Å². The van der Waals surface area contributed by atoms with Crippen molar-refractivity contribution in [2.75, 3.05) is 11.4 Å². The molecule has 140 valence electrons. The number of aromatic nitrogens is 1. The van der Waals surface area contributed by atoms with E-state index in [-0.39, 0.29) is 5.91 Å². The zero-order valence-electron chi connectivity index (χ0n) is 15.7. The molecule has 0 saturated heterocycles. The van der Waals surface area contributed by atoms with E-state index < -0.39 is 5.60 Å². The Hall–Kier alpha value is -2.89. The minimum atomic E-state index is -0.920. The first-order valence-electron chi connectivity index (χ1n) is 9.31. The number of hydrogen-bond acceptors (Lipinski definition) is 5. The first-order chi connectivity index (χ1) is 13.0. The van der Waals surface area contributed by atoms with E-state index in [1.54, 1.807) is 13.1 Å². The Balaban J connectivity index is 1.47. The summed E-state index contributed by atoms with van der Waals surface area (Å²) in [5, 5.41) is 6.91. The number of fused-ring (bicyclic) bond motifs is 1. The van der Waals surface area contributed by atoms with Gasteiger partial charge in [0, 0.05) is 37.8 Å². The lowest BCUT2D eigenvalue weighted by Crippen LogP contribution is -2.44. The van der Waals surface area contributed by atoms with Gasteiger partial charge in [-0.1, -0.05) is 35.5 Å². The summed E-state index contributed by atoms with van der Waals surface area (Å²) in [5.41, 5.74) is 3.66. The molecule has 1 N–H and O–H groups in total. The molecule has 6 heteroatoms. The highest BCUT2D eigenvalue weighted by Crippen LogP contribution is 2.27. The maximum Gasteiger partial charge on any atom is 0.267 e. The van der Waals surface area contributed by atoms with Crippen LogP contribution in [0.2, 0.25) is 0 Å². The number of hydrogen-bond donors (Lipinski definition) is 1. The molecule has 0 spiro atoms. The minimum absolute atomic E-state index is 0.151. The Morgan fingerprint density at radius 2 is 2.07 bits per heavy atom. The lowest BCUT2D eigenvalue weighted by molar-refractivity contribution is -0.141. The zero-order valence-corrected chi connectivity index (χ0v) is 15.7. The molecule has 0 fully saturated rings. The Morgan fingerprint density at radius 3 is 2.85 bits per heavy atom. The molecule has 1 aromatic carbocycles. The minimum Gasteiger partial charge on any atom is -0.379 e. The molecular formula is C21H24N4O2. The van der Waals surface area contributed by atoms with Gasteiger partial charge in [0.2, 0.25) is 5.60 Å². The summed E-state index contributed by atoms with van der Waals surface area (Å²) in [7, 11) is 0. The number of anilines is 1. The normalized spacial score (nSPS) is 21.3. The van der Waals surface area contributed by atoms with Gasteiger partial charge in [-0.05, 0) is 37.5 Å². The molecule has 0 aliphatic carbocycles. The van der Waals surface area contributed by atoms with Crippen LogP contribution in [0.5, 0.6) is 0 Å². The summed E-state index contributed by atoms with van der Waals surface area (Å²) in [6.45, 7) is 5.81. The topological polar surface area (TPSA) is 66.8 Å². The van der Waals surface area contributed by atoms with Crippen molar-refractivity contribution in [3.63, 3.8) is 0 Å². The van der Waals surface area contributed by atoms with Crippen LogP contribution in [0, 0.1) is 0 Å². The van der Waals surface area contributed by atoms with E-state index in [1.165, 1.54) is 11.1 Å². The van der Waals surface area contributed by atoms with E-state index in [0.29, 0.717) is 13.0 Å². The summed E-state index contributed by atoms with van der Waals surface area (Å²) < 4.78 is 0. The van der Waals surface area contributed by atoms with E-state index in [0.717, 1.165) is 36.6 Å². The quantitative estimate of drug-likeness (QED) is 0.906. The van der Waals surface area contributed by atoms with Gasteiger partial charge >= 0.3 is 0 Å². The molecule has 2 aliphatic heterocycles. The number of carbonyl (C=O) groups excluding carboxylic acids is 1. The molecule has 27 heavy (non-hydrogen) atoms. The van der Waals surface area contributed by atoms with Gasteiger partial charge in [0.15, 0.2) is 0 Å². The van der Waals surface area contributed by atoms with E-state index >= 15 is 0 Å². The first kappa shape index (κ1) is 17.5. The van der Waals surface area contributed by atoms with Gasteiger partial charge < -0.3 is 15.1 Å². The van der Waals surface area contributed by atoms with Crippen LogP contribution < -0.4 is 10.2 Å². The summed E-state index contributed by atoms with van der Waals surface area (Å²) in [5.74, 6) is 0.777. The predicted octanol–water partition coefficient (Wildman–Crippen LogP) is 2.82. The molecular weight excluding hydrogens is 340 g/mol. The third-order valence-corrected chi connectivity index (χ3v) is 5.21. The molecule has 6 nitrogen and oxygen atoms in total. The van der Waals surface area contributed by atoms with Crippen molar-refractivity contribution in [3.05, 3.63) is 59.3 Å². The fourth-order valence-corrected chi connectivity index (χ4v) is 3.75. The van der Waals surface area contributed by atoms with Crippen molar-refractivity contribution in [1.82, 2.24) is 10.3 Å². The second-order valence-corrected chi connectivity index (χ2v) is 7.43. The Bertz CT molecular complexity index is 895. The third-order valence-electron chi connectivity index (χ3n) is 5.21. The van der Waals surface area contributed by atoms with Crippen LogP contribution in [0.25, 0.3) is 0 Å². The van der Waals surface area contributed by atoms with E-state index in [2.05, 4.69) is 44.6 Å². The largest absolute Gasteiger partial charge is 0.379 e. The lowest BCUT2D eigenvalue weighted by atomic mass is 9.99. The van der Waals surface area contributed by atoms with E-state index in [4.69, 9.17) is 4.84 Å². The Kier molecular flexibility index (Phi) is 4.56. The van der Waals surface area contributed by atoms with Crippen molar-refractivity contribution < 1.29 is 9.63 Å². The van der Waals surface area contributed by atoms with Crippen LogP contribution in [-0.2, 0) is 29.1 Å².